The van der Waals surface area contributed by atoms with Gasteiger partial charge in [-0.05, 0) is 44.2 Å². The Kier molecular flexibility index (Phi) is 6.32. The lowest BCUT2D eigenvalue weighted by Crippen LogP contribution is -2.31. The van der Waals surface area contributed by atoms with E-state index in [2.05, 4.69) is 6.58 Å². The number of hydrogen-bond acceptors (Lipinski definition) is 3. The molecule has 2 rings (SSSR count). The fraction of sp³-hybridized carbons (Fsp3) is 0.250. The van der Waals surface area contributed by atoms with E-state index in [1.165, 1.54) is 35.2 Å². The molecule has 0 aliphatic carbocycles. The summed E-state index contributed by atoms with van der Waals surface area (Å²) >= 11 is 0. The Balaban J connectivity index is 2.26. The molecule has 26 heavy (non-hydrogen) atoms. The van der Waals surface area contributed by atoms with Crippen molar-refractivity contribution < 1.29 is 17.6 Å². The van der Waals surface area contributed by atoms with Crippen LogP contribution in [0.5, 0.6) is 0 Å². The maximum absolute atomic E-state index is 13.9. The van der Waals surface area contributed by atoms with Crippen molar-refractivity contribution in [1.82, 2.24) is 4.90 Å². The molecule has 0 radical (unpaired) electrons. The van der Waals surface area contributed by atoms with Gasteiger partial charge in [-0.15, -0.1) is 6.58 Å². The van der Waals surface area contributed by atoms with Crippen LogP contribution in [0.15, 0.2) is 66.1 Å². The lowest BCUT2D eigenvalue weighted by Gasteiger charge is -2.22. The Bertz CT molecular complexity index is 890. The van der Waals surface area contributed by atoms with Crippen LogP contribution in [0.25, 0.3) is 0 Å². The maximum Gasteiger partial charge on any atom is 0.254 e. The zero-order valence-electron chi connectivity index (χ0n) is 14.9. The van der Waals surface area contributed by atoms with Crippen molar-refractivity contribution in [1.29, 1.82) is 0 Å². The molecular weight excluding hydrogens is 353 g/mol. The summed E-state index contributed by atoms with van der Waals surface area (Å²) in [7, 11) is -3.39. The molecule has 0 atom stereocenters. The summed E-state index contributed by atoms with van der Waals surface area (Å²) in [6.07, 6.45) is 1.57. The first-order chi connectivity index (χ1) is 12.3. The van der Waals surface area contributed by atoms with Crippen molar-refractivity contribution in [3.8, 4) is 0 Å². The first kappa shape index (κ1) is 19.8. The van der Waals surface area contributed by atoms with Crippen LogP contribution in [0.3, 0.4) is 0 Å². The molecule has 0 unspecified atom stereocenters. The number of sulfone groups is 1. The van der Waals surface area contributed by atoms with E-state index >= 15 is 0 Å². The minimum Gasteiger partial charge on any atom is -0.331 e. The largest absolute Gasteiger partial charge is 0.331 e. The predicted molar refractivity (Wildman–Crippen MR) is 100 cm³/mol. The molecule has 138 valence electrons. The number of hydrogen-bond donors (Lipinski definition) is 0. The number of carbonyl (C=O) groups excluding carboxylic acids is 1. The second-order valence-electron chi connectivity index (χ2n) is 6.18. The van der Waals surface area contributed by atoms with Gasteiger partial charge in [0.05, 0.1) is 10.1 Å². The van der Waals surface area contributed by atoms with Crippen LogP contribution in [-0.4, -0.2) is 31.0 Å². The van der Waals surface area contributed by atoms with Gasteiger partial charge in [0.1, 0.15) is 5.82 Å². The number of amides is 1. The highest BCUT2D eigenvalue weighted by Crippen LogP contribution is 2.18. The van der Waals surface area contributed by atoms with Gasteiger partial charge in [-0.3, -0.25) is 4.79 Å². The smallest absolute Gasteiger partial charge is 0.254 e. The van der Waals surface area contributed by atoms with E-state index in [0.29, 0.717) is 11.1 Å². The molecule has 0 aliphatic rings. The third kappa shape index (κ3) is 4.38. The average molecular weight is 375 g/mol. The third-order valence-corrected chi connectivity index (χ3v) is 6.18. The van der Waals surface area contributed by atoms with Gasteiger partial charge < -0.3 is 4.90 Å². The second kappa shape index (κ2) is 8.27. The van der Waals surface area contributed by atoms with Gasteiger partial charge in [0.25, 0.3) is 5.91 Å². The number of halogens is 1. The number of rotatable bonds is 7. The molecule has 2 aromatic rings. The molecule has 0 saturated carbocycles. The monoisotopic (exact) mass is 375 g/mol. The van der Waals surface area contributed by atoms with Gasteiger partial charge in [0, 0.05) is 24.2 Å². The fourth-order valence-electron chi connectivity index (χ4n) is 2.45. The van der Waals surface area contributed by atoms with Crippen LogP contribution in [-0.2, 0) is 16.4 Å². The Morgan fingerprint density at radius 2 is 1.77 bits per heavy atom. The van der Waals surface area contributed by atoms with Crippen molar-refractivity contribution in [3.05, 3.63) is 78.1 Å². The highest BCUT2D eigenvalue weighted by atomic mass is 32.2. The average Bonchev–Trinajstić information content (AvgIpc) is 2.62. The quantitative estimate of drug-likeness (QED) is 0.691. The van der Waals surface area contributed by atoms with Crippen molar-refractivity contribution in [3.63, 3.8) is 0 Å². The van der Waals surface area contributed by atoms with E-state index in [1.54, 1.807) is 38.1 Å². The minimum atomic E-state index is -3.39. The predicted octanol–water partition coefficient (Wildman–Crippen LogP) is 3.84. The minimum absolute atomic E-state index is 0.101. The molecule has 0 spiro atoms. The zero-order valence-corrected chi connectivity index (χ0v) is 15.7. The lowest BCUT2D eigenvalue weighted by atomic mass is 10.1. The van der Waals surface area contributed by atoms with Crippen molar-refractivity contribution >= 4 is 15.7 Å². The highest BCUT2D eigenvalue weighted by Gasteiger charge is 2.21. The fourth-order valence-corrected chi connectivity index (χ4v) is 3.51. The van der Waals surface area contributed by atoms with Crippen molar-refractivity contribution in [2.75, 3.05) is 6.54 Å². The summed E-state index contributed by atoms with van der Waals surface area (Å²) in [5.74, 6) is -0.700. The Morgan fingerprint density at radius 3 is 2.31 bits per heavy atom. The van der Waals surface area contributed by atoms with Gasteiger partial charge >= 0.3 is 0 Å². The zero-order chi connectivity index (χ0) is 19.3. The Labute approximate surface area is 153 Å². The normalized spacial score (nSPS) is 11.4. The summed E-state index contributed by atoms with van der Waals surface area (Å²) in [6.45, 7) is 7.20. The molecule has 0 saturated heterocycles. The molecule has 2 aromatic carbocycles. The topological polar surface area (TPSA) is 54.5 Å². The molecule has 0 bridgehead atoms. The summed E-state index contributed by atoms with van der Waals surface area (Å²) in [4.78, 5) is 14.4. The summed E-state index contributed by atoms with van der Waals surface area (Å²) in [6, 6.07) is 12.1. The standard InChI is InChI=1S/C20H22FNO3S/c1-4-13-22(14-17-7-5-6-8-19(17)21)20(23)16-9-11-18(12-10-16)26(24,25)15(2)3/h4-12,15H,1,13-14H2,2-3H3. The molecule has 0 heterocycles. The first-order valence-corrected chi connectivity index (χ1v) is 9.79. The van der Waals surface area contributed by atoms with Gasteiger partial charge in [0.15, 0.2) is 9.84 Å². The van der Waals surface area contributed by atoms with Crippen LogP contribution >= 0.6 is 0 Å². The van der Waals surface area contributed by atoms with E-state index in [4.69, 9.17) is 0 Å². The molecule has 0 N–H and O–H groups in total. The molecule has 0 aromatic heterocycles. The van der Waals surface area contributed by atoms with Crippen LogP contribution in [0.2, 0.25) is 0 Å². The number of nitrogens with zero attached hydrogens (tertiary/aromatic N) is 1. The van der Waals surface area contributed by atoms with Crippen LogP contribution in [0.1, 0.15) is 29.8 Å². The maximum atomic E-state index is 13.9. The van der Waals surface area contributed by atoms with Crippen LogP contribution < -0.4 is 0 Å². The third-order valence-electron chi connectivity index (χ3n) is 4.01. The van der Waals surface area contributed by atoms with E-state index in [0.717, 1.165) is 0 Å². The summed E-state index contributed by atoms with van der Waals surface area (Å²) in [5, 5.41) is -0.539. The SMILES string of the molecule is C=CCN(Cc1ccccc1F)C(=O)c1ccc(S(=O)(=O)C(C)C)cc1. The molecule has 0 aliphatic heterocycles. The highest BCUT2D eigenvalue weighted by molar-refractivity contribution is 7.92. The Morgan fingerprint density at radius 1 is 1.15 bits per heavy atom. The number of benzene rings is 2. The summed E-state index contributed by atoms with van der Waals surface area (Å²) < 4.78 is 38.2. The molecular formula is C20H22FNO3S. The van der Waals surface area contributed by atoms with Gasteiger partial charge in [-0.2, -0.15) is 0 Å². The number of carbonyl (C=O) groups is 1. The molecule has 4 nitrogen and oxygen atoms in total. The van der Waals surface area contributed by atoms with Crippen LogP contribution in [0, 0.1) is 5.82 Å². The molecule has 6 heteroatoms. The van der Waals surface area contributed by atoms with Gasteiger partial charge in [-0.1, -0.05) is 24.3 Å². The van der Waals surface area contributed by atoms with E-state index < -0.39 is 15.1 Å². The lowest BCUT2D eigenvalue weighted by molar-refractivity contribution is 0.0761. The van der Waals surface area contributed by atoms with Gasteiger partial charge in [-0.25, -0.2) is 12.8 Å². The second-order valence-corrected chi connectivity index (χ2v) is 8.69. The molecule has 1 amide bonds. The van der Waals surface area contributed by atoms with Crippen molar-refractivity contribution in [2.45, 2.75) is 30.5 Å². The Hall–Kier alpha value is -2.47. The van der Waals surface area contributed by atoms with E-state index in [-0.39, 0.29) is 29.7 Å². The van der Waals surface area contributed by atoms with Crippen LogP contribution in [0.4, 0.5) is 4.39 Å². The molecule has 0 fully saturated rings. The summed E-state index contributed by atoms with van der Waals surface area (Å²) in [5.41, 5.74) is 0.743. The van der Waals surface area contributed by atoms with Gasteiger partial charge in [0.2, 0.25) is 0 Å². The van der Waals surface area contributed by atoms with E-state index in [1.807, 2.05) is 0 Å². The van der Waals surface area contributed by atoms with E-state index in [9.17, 15) is 17.6 Å². The first-order valence-electron chi connectivity index (χ1n) is 8.25. The van der Waals surface area contributed by atoms with Crippen molar-refractivity contribution in [2.24, 2.45) is 0 Å².